The number of carbonyl (C=O) groups is 3. The monoisotopic (exact) mass is 594 g/mol. The maximum atomic E-state index is 13.0. The van der Waals surface area contributed by atoms with Crippen LogP contribution < -0.4 is 16.0 Å². The van der Waals surface area contributed by atoms with Gasteiger partial charge in [-0.25, -0.2) is 4.98 Å². The lowest BCUT2D eigenvalue weighted by atomic mass is 10.0. The number of rotatable bonds is 9. The van der Waals surface area contributed by atoms with Crippen molar-refractivity contribution in [3.63, 3.8) is 0 Å². The summed E-state index contributed by atoms with van der Waals surface area (Å²) >= 11 is 2.96. The van der Waals surface area contributed by atoms with Crippen molar-refractivity contribution in [1.82, 2.24) is 20.1 Å². The second-order valence-electron chi connectivity index (χ2n) is 10.6. The van der Waals surface area contributed by atoms with Crippen molar-refractivity contribution in [2.24, 2.45) is 0 Å². The van der Waals surface area contributed by atoms with Gasteiger partial charge in [0, 0.05) is 56.9 Å². The Morgan fingerprint density at radius 3 is 2.59 bits per heavy atom. The van der Waals surface area contributed by atoms with Gasteiger partial charge >= 0.3 is 0 Å². The summed E-state index contributed by atoms with van der Waals surface area (Å²) in [5.74, 6) is 0.185. The van der Waals surface area contributed by atoms with Gasteiger partial charge in [0.1, 0.15) is 0 Å². The Hall–Kier alpha value is -3.16. The van der Waals surface area contributed by atoms with Gasteiger partial charge in [0.05, 0.1) is 39.0 Å². The van der Waals surface area contributed by atoms with E-state index in [1.807, 2.05) is 35.4 Å². The molecule has 3 aliphatic heterocycles. The molecule has 3 aliphatic rings. The summed E-state index contributed by atoms with van der Waals surface area (Å²) in [4.78, 5) is 48.1. The largest absolute Gasteiger partial charge is 0.379 e. The predicted molar refractivity (Wildman–Crippen MR) is 161 cm³/mol. The lowest BCUT2D eigenvalue weighted by molar-refractivity contribution is -0.118. The molecule has 3 amide bonds. The van der Waals surface area contributed by atoms with E-state index in [0.29, 0.717) is 29.4 Å². The molecular formula is C29H34N6O4S2. The average molecular weight is 595 g/mol. The Morgan fingerprint density at radius 2 is 1.83 bits per heavy atom. The van der Waals surface area contributed by atoms with Crippen molar-refractivity contribution in [1.29, 1.82) is 0 Å². The molecule has 1 atom stereocenters. The molecule has 3 saturated heterocycles. The number of nitrogens with one attached hydrogen (secondary N) is 3. The number of aromatic nitrogens is 1. The molecule has 41 heavy (non-hydrogen) atoms. The standard InChI is InChI=1S/C29H34N6O4S2/c36-25(9-11-34-12-14-39-15-13-34)32-21-5-3-19(4-6-21)24-16-31-28(41-24)20-17-35(18-20)29(38)23-7-8-26(40-23)33-27(37)22-2-1-10-30-22/h3-8,16,20,22,30H,1-2,9-15,17-18H2,(H,32,36)(H,33,37)/t22-/m0/s1. The number of hydrogen-bond donors (Lipinski definition) is 3. The molecule has 1 aromatic carbocycles. The van der Waals surface area contributed by atoms with E-state index in [1.165, 1.54) is 11.3 Å². The van der Waals surface area contributed by atoms with Crippen molar-refractivity contribution < 1.29 is 19.1 Å². The van der Waals surface area contributed by atoms with Crippen LogP contribution in [-0.4, -0.2) is 91.0 Å². The number of hydrogen-bond acceptors (Lipinski definition) is 9. The minimum atomic E-state index is -0.148. The van der Waals surface area contributed by atoms with Crippen LogP contribution >= 0.6 is 22.7 Å². The van der Waals surface area contributed by atoms with Crippen molar-refractivity contribution in [3.05, 3.63) is 52.5 Å². The third kappa shape index (κ3) is 6.84. The molecule has 3 fully saturated rings. The Bertz CT molecular complexity index is 1370. The molecule has 0 aliphatic carbocycles. The molecule has 216 valence electrons. The first-order valence-corrected chi connectivity index (χ1v) is 15.7. The van der Waals surface area contributed by atoms with Crippen LogP contribution in [0.2, 0.25) is 0 Å². The number of amides is 3. The third-order valence-corrected chi connectivity index (χ3v) is 9.89. The molecule has 6 rings (SSSR count). The Balaban J connectivity index is 0.964. The molecule has 3 aromatic rings. The van der Waals surface area contributed by atoms with E-state index in [9.17, 15) is 14.4 Å². The summed E-state index contributed by atoms with van der Waals surface area (Å²) in [7, 11) is 0. The fraction of sp³-hybridized carbons (Fsp3) is 0.448. The fourth-order valence-corrected chi connectivity index (χ4v) is 7.11. The second-order valence-corrected chi connectivity index (χ2v) is 12.7. The number of nitrogens with zero attached hydrogens (tertiary/aromatic N) is 3. The van der Waals surface area contributed by atoms with E-state index in [-0.39, 0.29) is 29.7 Å². The van der Waals surface area contributed by atoms with Crippen LogP contribution in [0.3, 0.4) is 0 Å². The van der Waals surface area contributed by atoms with E-state index in [0.717, 1.165) is 73.4 Å². The first-order chi connectivity index (χ1) is 20.0. The van der Waals surface area contributed by atoms with E-state index < -0.39 is 0 Å². The molecule has 0 saturated carbocycles. The van der Waals surface area contributed by atoms with Gasteiger partial charge in [-0.2, -0.15) is 0 Å². The zero-order chi connectivity index (χ0) is 28.2. The van der Waals surface area contributed by atoms with Gasteiger partial charge in [-0.15, -0.1) is 22.7 Å². The number of ether oxygens (including phenoxy) is 1. The number of morpholine rings is 1. The lowest BCUT2D eigenvalue weighted by Crippen LogP contribution is -2.48. The number of thiazole rings is 1. The van der Waals surface area contributed by atoms with Crippen LogP contribution in [0.25, 0.3) is 10.4 Å². The summed E-state index contributed by atoms with van der Waals surface area (Å²) in [6.07, 6.45) is 4.19. The Labute approximate surface area is 247 Å². The van der Waals surface area contributed by atoms with Crippen molar-refractivity contribution in [3.8, 4) is 10.4 Å². The Kier molecular flexibility index (Phi) is 8.73. The lowest BCUT2D eigenvalue weighted by Gasteiger charge is -2.37. The SMILES string of the molecule is O=C(CCN1CCOCC1)Nc1ccc(-c2cnc(C3CN(C(=O)c4ccc(NC(=O)[C@@H]5CCCN5)s4)C3)s2)cc1. The topological polar surface area (TPSA) is 116 Å². The van der Waals surface area contributed by atoms with Crippen LogP contribution in [0.15, 0.2) is 42.6 Å². The molecule has 0 spiro atoms. The van der Waals surface area contributed by atoms with Gasteiger partial charge in [-0.05, 0) is 49.2 Å². The van der Waals surface area contributed by atoms with Crippen LogP contribution in [0, 0.1) is 0 Å². The van der Waals surface area contributed by atoms with Crippen LogP contribution in [0.5, 0.6) is 0 Å². The molecule has 10 nitrogen and oxygen atoms in total. The highest BCUT2D eigenvalue weighted by Gasteiger charge is 2.35. The average Bonchev–Trinajstić information content (AvgIpc) is 3.75. The third-order valence-electron chi connectivity index (χ3n) is 7.69. The summed E-state index contributed by atoms with van der Waals surface area (Å²) < 4.78 is 5.35. The van der Waals surface area contributed by atoms with E-state index in [4.69, 9.17) is 4.74 Å². The van der Waals surface area contributed by atoms with Gasteiger partial charge in [-0.3, -0.25) is 19.3 Å². The molecule has 5 heterocycles. The molecule has 0 radical (unpaired) electrons. The van der Waals surface area contributed by atoms with Gasteiger partial charge in [0.2, 0.25) is 11.8 Å². The normalized spacial score (nSPS) is 19.6. The quantitative estimate of drug-likeness (QED) is 0.348. The number of likely N-dealkylation sites (tertiary alicyclic amines) is 1. The van der Waals surface area contributed by atoms with Gasteiger partial charge in [0.15, 0.2) is 0 Å². The smallest absolute Gasteiger partial charge is 0.264 e. The number of thiophene rings is 1. The highest BCUT2D eigenvalue weighted by atomic mass is 32.1. The summed E-state index contributed by atoms with van der Waals surface area (Å²) in [5.41, 5.74) is 1.83. The summed E-state index contributed by atoms with van der Waals surface area (Å²) in [5, 5.41) is 10.8. The highest BCUT2D eigenvalue weighted by molar-refractivity contribution is 7.18. The van der Waals surface area contributed by atoms with E-state index >= 15 is 0 Å². The van der Waals surface area contributed by atoms with Gasteiger partial charge < -0.3 is 25.6 Å². The zero-order valence-electron chi connectivity index (χ0n) is 22.8. The van der Waals surface area contributed by atoms with Crippen molar-refractivity contribution in [2.75, 3.05) is 63.1 Å². The van der Waals surface area contributed by atoms with Gasteiger partial charge in [0.25, 0.3) is 5.91 Å². The predicted octanol–water partition coefficient (Wildman–Crippen LogP) is 3.46. The van der Waals surface area contributed by atoms with E-state index in [2.05, 4.69) is 25.8 Å². The molecule has 0 unspecified atom stereocenters. The van der Waals surface area contributed by atoms with Crippen LogP contribution in [0.4, 0.5) is 10.7 Å². The minimum Gasteiger partial charge on any atom is -0.379 e. The summed E-state index contributed by atoms with van der Waals surface area (Å²) in [6.45, 7) is 6.09. The van der Waals surface area contributed by atoms with Gasteiger partial charge in [-0.1, -0.05) is 12.1 Å². The molecule has 2 aromatic heterocycles. The van der Waals surface area contributed by atoms with Crippen molar-refractivity contribution in [2.45, 2.75) is 31.2 Å². The van der Waals surface area contributed by atoms with E-state index in [1.54, 1.807) is 23.5 Å². The van der Waals surface area contributed by atoms with Crippen molar-refractivity contribution >= 4 is 51.1 Å². The fourth-order valence-electron chi connectivity index (χ4n) is 5.23. The van der Waals surface area contributed by atoms with Crippen LogP contribution in [-0.2, 0) is 14.3 Å². The Morgan fingerprint density at radius 1 is 1.02 bits per heavy atom. The van der Waals surface area contributed by atoms with Crippen LogP contribution in [0.1, 0.15) is 39.9 Å². The zero-order valence-corrected chi connectivity index (χ0v) is 24.4. The molecule has 0 bridgehead atoms. The number of benzene rings is 1. The molecular weight excluding hydrogens is 560 g/mol. The molecule has 3 N–H and O–H groups in total. The highest BCUT2D eigenvalue weighted by Crippen LogP contribution is 2.36. The maximum absolute atomic E-state index is 13.0. The molecule has 12 heteroatoms. The maximum Gasteiger partial charge on any atom is 0.264 e. The minimum absolute atomic E-state index is 0.00917. The first kappa shape index (κ1) is 28.0. The number of anilines is 2. The second kappa shape index (κ2) is 12.8. The summed E-state index contributed by atoms with van der Waals surface area (Å²) in [6, 6.07) is 11.3. The first-order valence-electron chi connectivity index (χ1n) is 14.1. The number of carbonyl (C=O) groups excluding carboxylic acids is 3.